The molecule has 0 aliphatic rings. The fourth-order valence-electron chi connectivity index (χ4n) is 3.68. The van der Waals surface area contributed by atoms with Gasteiger partial charge in [0.1, 0.15) is 18.1 Å². The fraction of sp³-hybridized carbons (Fsp3) is 0.120. The Hall–Kier alpha value is -3.98. The van der Waals surface area contributed by atoms with Gasteiger partial charge in [0.2, 0.25) is 5.91 Å². The van der Waals surface area contributed by atoms with E-state index in [1.807, 2.05) is 0 Å². The minimum absolute atomic E-state index is 0.0145. The summed E-state index contributed by atoms with van der Waals surface area (Å²) in [6, 6.07) is 16.8. The first-order valence-electron chi connectivity index (χ1n) is 10.3. The van der Waals surface area contributed by atoms with Crippen molar-refractivity contribution in [1.82, 2.24) is 9.78 Å². The van der Waals surface area contributed by atoms with E-state index >= 15 is 0 Å². The summed E-state index contributed by atoms with van der Waals surface area (Å²) in [4.78, 5) is 11.6. The Morgan fingerprint density at radius 1 is 1.11 bits per heavy atom. The van der Waals surface area contributed by atoms with Crippen molar-refractivity contribution in [2.75, 3.05) is 0 Å². The van der Waals surface area contributed by atoms with Crippen LogP contribution in [0.4, 0.5) is 13.2 Å². The predicted molar refractivity (Wildman–Crippen MR) is 125 cm³/mol. The number of ether oxygens (including phenoxy) is 1. The molecule has 0 fully saturated rings. The molecule has 1 amide bonds. The largest absolute Gasteiger partial charge is 0.507 e. The number of carbonyl (C=O) groups excluding carboxylic acids is 1. The second-order valence-electron chi connectivity index (χ2n) is 7.73. The summed E-state index contributed by atoms with van der Waals surface area (Å²) >= 11 is 5.87. The molecule has 4 aromatic rings. The number of alkyl halides is 3. The Morgan fingerprint density at radius 2 is 1.83 bits per heavy atom. The second-order valence-corrected chi connectivity index (χ2v) is 8.17. The van der Waals surface area contributed by atoms with Gasteiger partial charge in [-0.15, -0.1) is 0 Å². The van der Waals surface area contributed by atoms with E-state index in [0.29, 0.717) is 10.8 Å². The Morgan fingerprint density at radius 3 is 2.46 bits per heavy atom. The summed E-state index contributed by atoms with van der Waals surface area (Å²) in [6.07, 6.45) is -4.79. The third-order valence-corrected chi connectivity index (χ3v) is 5.55. The zero-order valence-corrected chi connectivity index (χ0v) is 19.1. The van der Waals surface area contributed by atoms with E-state index in [2.05, 4.69) is 5.10 Å². The standard InChI is InChI=1S/C25H19ClF3N3O3/c1-32-22(19-10-9-18(12-20(19)33)35-13-14-5-7-17(26)8-6-14)21(23(31-32)25(27,28)29)15-3-2-4-16(11-15)24(30)34/h2-12,33H,13H2,1H3,(H2,30,34). The highest BCUT2D eigenvalue weighted by Crippen LogP contribution is 2.45. The Bertz CT molecular complexity index is 1400. The Labute approximate surface area is 203 Å². The van der Waals surface area contributed by atoms with E-state index in [0.717, 1.165) is 10.2 Å². The maximum absolute atomic E-state index is 13.9. The number of carbonyl (C=O) groups is 1. The molecule has 3 N–H and O–H groups in total. The van der Waals surface area contributed by atoms with Crippen molar-refractivity contribution in [3.05, 3.63) is 88.6 Å². The second kappa shape index (κ2) is 9.34. The van der Waals surface area contributed by atoms with E-state index in [9.17, 15) is 23.1 Å². The summed E-state index contributed by atoms with van der Waals surface area (Å²) in [7, 11) is 1.34. The average Bonchev–Trinajstić information content (AvgIpc) is 3.16. The number of halogens is 4. The number of phenols is 1. The Balaban J connectivity index is 1.76. The lowest BCUT2D eigenvalue weighted by Gasteiger charge is -2.13. The highest BCUT2D eigenvalue weighted by Gasteiger charge is 2.40. The zero-order valence-electron chi connectivity index (χ0n) is 18.3. The van der Waals surface area contributed by atoms with Crippen molar-refractivity contribution >= 4 is 17.5 Å². The van der Waals surface area contributed by atoms with Gasteiger partial charge < -0.3 is 15.6 Å². The molecule has 0 atom stereocenters. The van der Waals surface area contributed by atoms with Gasteiger partial charge in [-0.05, 0) is 47.5 Å². The number of nitrogens with zero attached hydrogens (tertiary/aromatic N) is 2. The van der Waals surface area contributed by atoms with E-state index < -0.39 is 17.8 Å². The minimum Gasteiger partial charge on any atom is -0.507 e. The van der Waals surface area contributed by atoms with Gasteiger partial charge in [-0.1, -0.05) is 35.9 Å². The molecule has 0 unspecified atom stereocenters. The Kier molecular flexibility index (Phi) is 6.45. The molecule has 35 heavy (non-hydrogen) atoms. The molecule has 4 rings (SSSR count). The third-order valence-electron chi connectivity index (χ3n) is 5.29. The molecule has 6 nitrogen and oxygen atoms in total. The van der Waals surface area contributed by atoms with Gasteiger partial charge in [0.25, 0.3) is 0 Å². The smallest absolute Gasteiger partial charge is 0.435 e. The highest BCUT2D eigenvalue weighted by molar-refractivity contribution is 6.30. The topological polar surface area (TPSA) is 90.4 Å². The molecule has 0 bridgehead atoms. The molecule has 0 aliphatic carbocycles. The van der Waals surface area contributed by atoms with Crippen LogP contribution < -0.4 is 10.5 Å². The first-order chi connectivity index (χ1) is 16.5. The molecule has 0 saturated heterocycles. The number of hydrogen-bond acceptors (Lipinski definition) is 4. The van der Waals surface area contributed by atoms with Gasteiger partial charge in [-0.3, -0.25) is 9.48 Å². The van der Waals surface area contributed by atoms with Crippen molar-refractivity contribution in [1.29, 1.82) is 0 Å². The van der Waals surface area contributed by atoms with Crippen molar-refractivity contribution < 1.29 is 27.8 Å². The number of aryl methyl sites for hydroxylation is 1. The van der Waals surface area contributed by atoms with Crippen LogP contribution in [-0.2, 0) is 19.8 Å². The van der Waals surface area contributed by atoms with Crippen LogP contribution in [0.1, 0.15) is 21.6 Å². The van der Waals surface area contributed by atoms with Gasteiger partial charge in [-0.2, -0.15) is 18.3 Å². The van der Waals surface area contributed by atoms with Crippen molar-refractivity contribution in [2.24, 2.45) is 12.8 Å². The van der Waals surface area contributed by atoms with Crippen LogP contribution in [0.15, 0.2) is 66.7 Å². The molecule has 0 saturated carbocycles. The van der Waals surface area contributed by atoms with Crippen molar-refractivity contribution in [2.45, 2.75) is 12.8 Å². The molecule has 1 heterocycles. The van der Waals surface area contributed by atoms with Crippen LogP contribution in [0.3, 0.4) is 0 Å². The number of benzene rings is 3. The molecule has 0 radical (unpaired) electrons. The first-order valence-corrected chi connectivity index (χ1v) is 10.7. The van der Waals surface area contributed by atoms with E-state index in [4.69, 9.17) is 22.1 Å². The maximum Gasteiger partial charge on any atom is 0.435 e. The van der Waals surface area contributed by atoms with Gasteiger partial charge in [-0.25, -0.2) is 0 Å². The van der Waals surface area contributed by atoms with Gasteiger partial charge in [0, 0.05) is 34.8 Å². The zero-order chi connectivity index (χ0) is 25.3. The van der Waals surface area contributed by atoms with Crippen LogP contribution >= 0.6 is 11.6 Å². The first kappa shape index (κ1) is 24.2. The average molecular weight is 502 g/mol. The molecule has 0 spiro atoms. The van der Waals surface area contributed by atoms with Crippen LogP contribution in [0, 0.1) is 0 Å². The number of primary amides is 1. The quantitative estimate of drug-likeness (QED) is 0.349. The van der Waals surface area contributed by atoms with Crippen LogP contribution in [0.25, 0.3) is 22.4 Å². The molecule has 3 aromatic carbocycles. The predicted octanol–water partition coefficient (Wildman–Crippen LogP) is 5.81. The summed E-state index contributed by atoms with van der Waals surface area (Å²) in [5.74, 6) is -0.768. The monoisotopic (exact) mass is 501 g/mol. The third kappa shape index (κ3) is 5.09. The van der Waals surface area contributed by atoms with Gasteiger partial charge in [0.15, 0.2) is 5.69 Å². The molecular formula is C25H19ClF3N3O3. The summed E-state index contributed by atoms with van der Waals surface area (Å²) in [5, 5.41) is 15.0. The lowest BCUT2D eigenvalue weighted by atomic mass is 9.96. The number of hydrogen-bond donors (Lipinski definition) is 2. The van der Waals surface area contributed by atoms with Crippen molar-refractivity contribution in [3.63, 3.8) is 0 Å². The van der Waals surface area contributed by atoms with E-state index in [1.54, 1.807) is 24.3 Å². The SMILES string of the molecule is Cn1nc(C(F)(F)F)c(-c2cccc(C(N)=O)c2)c1-c1ccc(OCc2ccc(Cl)cc2)cc1O. The van der Waals surface area contributed by atoms with E-state index in [-0.39, 0.29) is 40.3 Å². The number of aromatic hydroxyl groups is 1. The minimum atomic E-state index is -4.79. The summed E-state index contributed by atoms with van der Waals surface area (Å²) in [6.45, 7) is 0.199. The highest BCUT2D eigenvalue weighted by atomic mass is 35.5. The number of rotatable bonds is 6. The number of amides is 1. The van der Waals surface area contributed by atoms with Gasteiger partial charge >= 0.3 is 6.18 Å². The van der Waals surface area contributed by atoms with E-state index in [1.165, 1.54) is 49.5 Å². The van der Waals surface area contributed by atoms with Crippen LogP contribution in [0.5, 0.6) is 11.5 Å². The molecule has 0 aliphatic heterocycles. The normalized spacial score (nSPS) is 11.5. The molecule has 10 heteroatoms. The number of nitrogens with two attached hydrogens (primary N) is 1. The van der Waals surface area contributed by atoms with Gasteiger partial charge in [0.05, 0.1) is 5.69 Å². The maximum atomic E-state index is 13.9. The summed E-state index contributed by atoms with van der Waals surface area (Å²) in [5.41, 5.74) is 4.97. The van der Waals surface area contributed by atoms with Crippen LogP contribution in [-0.4, -0.2) is 20.8 Å². The molecule has 180 valence electrons. The molecular weight excluding hydrogens is 483 g/mol. The fourth-order valence-corrected chi connectivity index (χ4v) is 3.81. The number of phenolic OH excluding ortho intramolecular Hbond substituents is 1. The number of aromatic nitrogens is 2. The van der Waals surface area contributed by atoms with Crippen molar-refractivity contribution in [3.8, 4) is 33.9 Å². The molecule has 1 aromatic heterocycles. The lowest BCUT2D eigenvalue weighted by Crippen LogP contribution is -2.11. The van der Waals surface area contributed by atoms with Crippen LogP contribution in [0.2, 0.25) is 5.02 Å². The lowest BCUT2D eigenvalue weighted by molar-refractivity contribution is -0.140. The summed E-state index contributed by atoms with van der Waals surface area (Å²) < 4.78 is 48.4.